The van der Waals surface area contributed by atoms with Gasteiger partial charge in [-0.3, -0.25) is 9.69 Å². The van der Waals surface area contributed by atoms with E-state index >= 15 is 0 Å². The van der Waals surface area contributed by atoms with Gasteiger partial charge in [0.1, 0.15) is 18.2 Å². The van der Waals surface area contributed by atoms with Crippen LogP contribution in [0.25, 0.3) is 0 Å². The third-order valence-corrected chi connectivity index (χ3v) is 8.18. The minimum atomic E-state index is -4.16. The van der Waals surface area contributed by atoms with Crippen LogP contribution >= 0.6 is 11.6 Å². The van der Waals surface area contributed by atoms with Gasteiger partial charge in [-0.2, -0.15) is 13.2 Å². The molecule has 3 heterocycles. The lowest BCUT2D eigenvalue weighted by Gasteiger charge is -2.31. The molecular formula is C29H33ClF3N5O4. The molecule has 1 aliphatic carbocycles. The van der Waals surface area contributed by atoms with Crippen molar-refractivity contribution in [2.24, 2.45) is 5.92 Å². The summed E-state index contributed by atoms with van der Waals surface area (Å²) in [7, 11) is 0. The summed E-state index contributed by atoms with van der Waals surface area (Å²) in [5.74, 6) is -0.00783. The molecule has 1 unspecified atom stereocenters. The summed E-state index contributed by atoms with van der Waals surface area (Å²) in [6.45, 7) is 1.95. The van der Waals surface area contributed by atoms with Crippen LogP contribution in [0.15, 0.2) is 47.5 Å². The molecule has 0 saturated heterocycles. The summed E-state index contributed by atoms with van der Waals surface area (Å²) in [5, 5.41) is 17.1. The number of nitrogens with one attached hydrogen (secondary N) is 2. The Morgan fingerprint density at radius 2 is 2.05 bits per heavy atom. The lowest BCUT2D eigenvalue weighted by Crippen LogP contribution is -2.42. The Hall–Kier alpha value is -3.35. The molecule has 2 aromatic heterocycles. The zero-order chi connectivity index (χ0) is 29.7. The maximum Gasteiger partial charge on any atom is 0.391 e. The van der Waals surface area contributed by atoms with Crippen molar-refractivity contribution in [1.29, 1.82) is 0 Å². The summed E-state index contributed by atoms with van der Waals surface area (Å²) in [6.07, 6.45) is 1.09. The molecule has 0 bridgehead atoms. The number of ether oxygens (including phenoxy) is 1. The third kappa shape index (κ3) is 7.73. The number of benzene rings is 1. The Bertz CT molecular complexity index is 1350. The van der Waals surface area contributed by atoms with Gasteiger partial charge in [-0.1, -0.05) is 17.7 Å². The molecule has 3 aromatic rings. The molecule has 13 heteroatoms. The van der Waals surface area contributed by atoms with Crippen LogP contribution in [0, 0.1) is 5.92 Å². The van der Waals surface area contributed by atoms with E-state index in [0.717, 1.165) is 11.1 Å². The molecular weight excluding hydrogens is 575 g/mol. The molecule has 1 atom stereocenters. The number of carbonyl (C=O) groups is 1. The molecule has 2 aliphatic rings. The van der Waals surface area contributed by atoms with E-state index in [0.29, 0.717) is 66.8 Å². The van der Waals surface area contributed by atoms with Gasteiger partial charge < -0.3 is 24.9 Å². The number of hydrogen-bond acceptors (Lipinski definition) is 8. The van der Waals surface area contributed by atoms with Gasteiger partial charge in [0.25, 0.3) is 5.91 Å². The lowest BCUT2D eigenvalue weighted by atomic mass is 9.85. The first kappa shape index (κ1) is 30.1. The van der Waals surface area contributed by atoms with Crippen molar-refractivity contribution in [3.8, 4) is 5.75 Å². The number of alkyl halides is 3. The number of nitrogens with zero attached hydrogens (tertiary/aromatic N) is 3. The SMILES string of the molecule is O=C(NCC(O)CN1CCc2c(ccc(OCc3cnco3)c2Cl)C1)c1ccnc(NC2CCC(C(F)(F)F)CC2)c1. The molecule has 1 aromatic carbocycles. The lowest BCUT2D eigenvalue weighted by molar-refractivity contribution is -0.182. The normalized spacial score (nSPS) is 20.0. The van der Waals surface area contributed by atoms with Crippen molar-refractivity contribution in [2.45, 2.75) is 63.6 Å². The van der Waals surface area contributed by atoms with Crippen molar-refractivity contribution in [2.75, 3.05) is 25.0 Å². The summed E-state index contributed by atoms with van der Waals surface area (Å²) in [4.78, 5) is 22.9. The second-order valence-electron chi connectivity index (χ2n) is 10.8. The van der Waals surface area contributed by atoms with Gasteiger partial charge in [-0.25, -0.2) is 9.97 Å². The minimum Gasteiger partial charge on any atom is -0.484 e. The summed E-state index contributed by atoms with van der Waals surface area (Å²) in [6, 6.07) is 6.80. The molecule has 0 radical (unpaired) electrons. The Labute approximate surface area is 246 Å². The monoisotopic (exact) mass is 607 g/mol. The Morgan fingerprint density at radius 1 is 1.24 bits per heavy atom. The molecule has 0 spiro atoms. The first-order chi connectivity index (χ1) is 20.2. The molecule has 3 N–H and O–H groups in total. The van der Waals surface area contributed by atoms with Crippen LogP contribution in [-0.2, 0) is 19.6 Å². The standard InChI is InChI=1S/C29H33ClF3N5O4/c30-27-24-8-10-38(14-19(24)1-6-25(27)41-16-23-13-34-17-42-23)15-22(39)12-36-28(40)18-7-9-35-26(11-18)37-21-4-2-20(3-5-21)29(31,32)33/h1,6-7,9,11,13,17,20-22,39H,2-5,8,10,12,14-16H2,(H,35,37)(H,36,40). The van der Waals surface area contributed by atoms with Crippen molar-refractivity contribution >= 4 is 23.3 Å². The van der Waals surface area contributed by atoms with Crippen molar-refractivity contribution in [3.05, 3.63) is 70.5 Å². The second kappa shape index (κ2) is 13.3. The van der Waals surface area contributed by atoms with E-state index in [-0.39, 0.29) is 37.9 Å². The summed E-state index contributed by atoms with van der Waals surface area (Å²) < 4.78 is 49.8. The maximum absolute atomic E-state index is 12.9. The molecule has 42 heavy (non-hydrogen) atoms. The topological polar surface area (TPSA) is 113 Å². The van der Waals surface area contributed by atoms with Crippen LogP contribution in [0.3, 0.4) is 0 Å². The van der Waals surface area contributed by atoms with Crippen molar-refractivity contribution in [3.63, 3.8) is 0 Å². The number of amides is 1. The van der Waals surface area contributed by atoms with Gasteiger partial charge in [0, 0.05) is 44.0 Å². The highest BCUT2D eigenvalue weighted by Crippen LogP contribution is 2.38. The fourth-order valence-electron chi connectivity index (χ4n) is 5.48. The first-order valence-corrected chi connectivity index (χ1v) is 14.3. The number of aromatic nitrogens is 2. The van der Waals surface area contributed by atoms with Gasteiger partial charge >= 0.3 is 6.18 Å². The van der Waals surface area contributed by atoms with Crippen molar-refractivity contribution < 1.29 is 32.2 Å². The van der Waals surface area contributed by atoms with Gasteiger partial charge in [0.2, 0.25) is 0 Å². The predicted octanol–water partition coefficient (Wildman–Crippen LogP) is 4.98. The Kier molecular flexibility index (Phi) is 9.54. The smallest absolute Gasteiger partial charge is 0.391 e. The van der Waals surface area contributed by atoms with Crippen LogP contribution in [0.2, 0.25) is 5.02 Å². The average molecular weight is 608 g/mol. The maximum atomic E-state index is 12.9. The van der Waals surface area contributed by atoms with Crippen LogP contribution in [0.4, 0.5) is 19.0 Å². The fourth-order valence-corrected chi connectivity index (χ4v) is 5.81. The van der Waals surface area contributed by atoms with Gasteiger partial charge in [0.15, 0.2) is 12.2 Å². The van der Waals surface area contributed by atoms with E-state index in [4.69, 9.17) is 20.8 Å². The second-order valence-corrected chi connectivity index (χ2v) is 11.2. The highest BCUT2D eigenvalue weighted by Gasteiger charge is 2.41. The third-order valence-electron chi connectivity index (χ3n) is 7.76. The van der Waals surface area contributed by atoms with E-state index < -0.39 is 18.2 Å². The summed E-state index contributed by atoms with van der Waals surface area (Å²) >= 11 is 6.61. The zero-order valence-corrected chi connectivity index (χ0v) is 23.6. The van der Waals surface area contributed by atoms with E-state index in [2.05, 4.69) is 25.5 Å². The number of hydrogen-bond donors (Lipinski definition) is 3. The summed E-state index contributed by atoms with van der Waals surface area (Å²) in [5.41, 5.74) is 2.42. The highest BCUT2D eigenvalue weighted by atomic mass is 35.5. The van der Waals surface area contributed by atoms with E-state index in [1.807, 2.05) is 12.1 Å². The predicted molar refractivity (Wildman–Crippen MR) is 149 cm³/mol. The molecule has 9 nitrogen and oxygen atoms in total. The number of β-amino-alcohol motifs (C(OH)–C–C–N with tert-alkyl or cyclic N) is 1. The van der Waals surface area contributed by atoms with E-state index in [9.17, 15) is 23.1 Å². The van der Waals surface area contributed by atoms with Gasteiger partial charge in [0.05, 0.1) is 23.2 Å². The highest BCUT2D eigenvalue weighted by molar-refractivity contribution is 6.33. The molecule has 1 saturated carbocycles. The Morgan fingerprint density at radius 3 is 2.79 bits per heavy atom. The molecule has 1 fully saturated rings. The number of aliphatic hydroxyl groups excluding tert-OH is 1. The zero-order valence-electron chi connectivity index (χ0n) is 22.9. The fraction of sp³-hybridized carbons (Fsp3) is 0.483. The van der Waals surface area contributed by atoms with Crippen LogP contribution in [0.1, 0.15) is 52.9 Å². The average Bonchev–Trinajstić information content (AvgIpc) is 3.49. The van der Waals surface area contributed by atoms with Crippen molar-refractivity contribution in [1.82, 2.24) is 20.2 Å². The van der Waals surface area contributed by atoms with E-state index in [1.54, 1.807) is 18.3 Å². The molecule has 1 aliphatic heterocycles. The molecule has 226 valence electrons. The number of carbonyl (C=O) groups excluding carboxylic acids is 1. The number of oxazole rings is 1. The van der Waals surface area contributed by atoms with Crippen LogP contribution in [0.5, 0.6) is 5.75 Å². The number of pyridine rings is 1. The number of rotatable bonds is 10. The Balaban J connectivity index is 1.07. The van der Waals surface area contributed by atoms with Gasteiger partial charge in [-0.15, -0.1) is 0 Å². The largest absolute Gasteiger partial charge is 0.484 e. The number of aliphatic hydroxyl groups is 1. The quantitative estimate of drug-likeness (QED) is 0.296. The van der Waals surface area contributed by atoms with Gasteiger partial charge in [-0.05, 0) is 61.4 Å². The number of halogens is 4. The first-order valence-electron chi connectivity index (χ1n) is 13.9. The minimum absolute atomic E-state index is 0.0594. The van der Waals surface area contributed by atoms with Crippen LogP contribution < -0.4 is 15.4 Å². The van der Waals surface area contributed by atoms with E-state index in [1.165, 1.54) is 12.6 Å². The molecule has 5 rings (SSSR count). The number of anilines is 1. The molecule has 1 amide bonds. The number of fused-ring (bicyclic) bond motifs is 1. The van der Waals surface area contributed by atoms with Crippen LogP contribution in [-0.4, -0.2) is 63.8 Å².